The highest BCUT2D eigenvalue weighted by Crippen LogP contribution is 2.34. The van der Waals surface area contributed by atoms with Gasteiger partial charge in [0.1, 0.15) is 0 Å². The van der Waals surface area contributed by atoms with Crippen molar-refractivity contribution in [1.82, 2.24) is 10.2 Å². The van der Waals surface area contributed by atoms with Gasteiger partial charge in [0.2, 0.25) is 0 Å². The van der Waals surface area contributed by atoms with Crippen molar-refractivity contribution in [2.45, 2.75) is 19.5 Å². The zero-order chi connectivity index (χ0) is 13.1. The minimum absolute atomic E-state index is 0.526. The first-order valence-corrected chi connectivity index (χ1v) is 7.32. The number of fused-ring (bicyclic) bond motifs is 1. The van der Waals surface area contributed by atoms with E-state index in [1.54, 1.807) is 11.3 Å². The fraction of sp³-hybridized carbons (Fsp3) is 0.429. The van der Waals surface area contributed by atoms with Gasteiger partial charge in [0.15, 0.2) is 0 Å². The molecule has 1 atom stereocenters. The lowest BCUT2D eigenvalue weighted by Gasteiger charge is -2.19. The summed E-state index contributed by atoms with van der Waals surface area (Å²) in [7, 11) is 4.19. The summed E-state index contributed by atoms with van der Waals surface area (Å²) in [6.45, 7) is 4.02. The zero-order valence-corrected chi connectivity index (χ0v) is 12.6. The maximum atomic E-state index is 6.40. The molecule has 0 aliphatic carbocycles. The van der Waals surface area contributed by atoms with E-state index in [2.05, 4.69) is 49.4 Å². The minimum atomic E-state index is 0.526. The molecule has 1 heterocycles. The predicted octanol–water partition coefficient (Wildman–Crippen LogP) is 3.59. The van der Waals surface area contributed by atoms with E-state index in [1.165, 1.54) is 15.0 Å². The lowest BCUT2D eigenvalue weighted by molar-refractivity contribution is 0.303. The van der Waals surface area contributed by atoms with Crippen molar-refractivity contribution in [3.8, 4) is 0 Å². The highest BCUT2D eigenvalue weighted by molar-refractivity contribution is 7.19. The van der Waals surface area contributed by atoms with Crippen LogP contribution in [0.4, 0.5) is 0 Å². The number of hydrogen-bond acceptors (Lipinski definition) is 3. The summed E-state index contributed by atoms with van der Waals surface area (Å²) >= 11 is 8.17. The van der Waals surface area contributed by atoms with Gasteiger partial charge < -0.3 is 10.2 Å². The van der Waals surface area contributed by atoms with E-state index in [0.29, 0.717) is 6.04 Å². The molecule has 1 N–H and O–H groups in total. The molecule has 1 aromatic carbocycles. The second-order valence-corrected chi connectivity index (χ2v) is 6.29. The van der Waals surface area contributed by atoms with Crippen LogP contribution in [0.3, 0.4) is 0 Å². The highest BCUT2D eigenvalue weighted by atomic mass is 35.5. The molecule has 0 amide bonds. The number of hydrogen-bond donors (Lipinski definition) is 1. The lowest BCUT2D eigenvalue weighted by Crippen LogP contribution is -2.35. The molecule has 1 unspecified atom stereocenters. The van der Waals surface area contributed by atoms with Crippen molar-refractivity contribution >= 4 is 33.0 Å². The fourth-order valence-corrected chi connectivity index (χ4v) is 3.22. The van der Waals surface area contributed by atoms with Crippen LogP contribution in [0.15, 0.2) is 24.3 Å². The number of nitrogens with zero attached hydrogens (tertiary/aromatic N) is 1. The van der Waals surface area contributed by atoms with Gasteiger partial charge in [-0.25, -0.2) is 0 Å². The van der Waals surface area contributed by atoms with Crippen molar-refractivity contribution in [2.24, 2.45) is 0 Å². The summed E-state index contributed by atoms with van der Waals surface area (Å²) < 4.78 is 1.26. The van der Waals surface area contributed by atoms with Crippen molar-refractivity contribution in [2.75, 3.05) is 20.6 Å². The van der Waals surface area contributed by atoms with Gasteiger partial charge in [-0.3, -0.25) is 0 Å². The Balaban J connectivity index is 2.02. The smallest absolute Gasteiger partial charge is 0.0636 e. The Morgan fingerprint density at radius 3 is 2.72 bits per heavy atom. The number of rotatable bonds is 5. The monoisotopic (exact) mass is 282 g/mol. The summed E-state index contributed by atoms with van der Waals surface area (Å²) in [5, 5.41) is 5.54. The van der Waals surface area contributed by atoms with Crippen LogP contribution in [-0.2, 0) is 6.54 Å². The van der Waals surface area contributed by atoms with Crippen molar-refractivity contribution in [3.63, 3.8) is 0 Å². The largest absolute Gasteiger partial charge is 0.310 e. The Bertz CT molecular complexity index is 521. The molecule has 0 fully saturated rings. The van der Waals surface area contributed by atoms with Gasteiger partial charge in [-0.05, 0) is 27.1 Å². The van der Waals surface area contributed by atoms with Crippen LogP contribution in [0, 0.1) is 0 Å². The molecular weight excluding hydrogens is 264 g/mol. The van der Waals surface area contributed by atoms with Gasteiger partial charge >= 0.3 is 0 Å². The topological polar surface area (TPSA) is 15.3 Å². The molecular formula is C14H19ClN2S. The Hall–Kier alpha value is -0.610. The van der Waals surface area contributed by atoms with Gasteiger partial charge in [-0.15, -0.1) is 11.3 Å². The number of nitrogens with one attached hydrogen (secondary N) is 1. The molecule has 0 radical (unpaired) electrons. The Morgan fingerprint density at radius 1 is 1.33 bits per heavy atom. The standard InChI is InChI=1S/C14H19ClN2S/c1-10(17(2)3)8-16-9-13-14(15)11-6-4-5-7-12(11)18-13/h4-7,10,16H,8-9H2,1-3H3. The molecule has 0 saturated carbocycles. The number of thiophene rings is 1. The average molecular weight is 283 g/mol. The van der Waals surface area contributed by atoms with Gasteiger partial charge in [0.05, 0.1) is 5.02 Å². The van der Waals surface area contributed by atoms with E-state index in [4.69, 9.17) is 11.6 Å². The molecule has 0 saturated heterocycles. The molecule has 0 bridgehead atoms. The minimum Gasteiger partial charge on any atom is -0.310 e. The maximum absolute atomic E-state index is 6.40. The molecule has 2 aromatic rings. The van der Waals surface area contributed by atoms with Crippen molar-refractivity contribution in [1.29, 1.82) is 0 Å². The fourth-order valence-electron chi connectivity index (χ4n) is 1.76. The third kappa shape index (κ3) is 3.04. The molecule has 4 heteroatoms. The molecule has 0 aliphatic rings. The van der Waals surface area contributed by atoms with E-state index in [9.17, 15) is 0 Å². The molecule has 18 heavy (non-hydrogen) atoms. The number of halogens is 1. The first-order chi connectivity index (χ1) is 8.59. The first kappa shape index (κ1) is 13.8. The van der Waals surface area contributed by atoms with E-state index in [-0.39, 0.29) is 0 Å². The van der Waals surface area contributed by atoms with E-state index in [1.807, 2.05) is 6.07 Å². The Kier molecular flexibility index (Phi) is 4.62. The maximum Gasteiger partial charge on any atom is 0.0636 e. The summed E-state index contributed by atoms with van der Waals surface area (Å²) in [5.41, 5.74) is 0. The molecule has 1 aromatic heterocycles. The molecule has 0 spiro atoms. The average Bonchev–Trinajstić information content (AvgIpc) is 2.67. The van der Waals surface area contributed by atoms with Crippen LogP contribution in [-0.4, -0.2) is 31.6 Å². The van der Waals surface area contributed by atoms with Gasteiger partial charge in [0.25, 0.3) is 0 Å². The van der Waals surface area contributed by atoms with Crippen molar-refractivity contribution in [3.05, 3.63) is 34.2 Å². The third-order valence-electron chi connectivity index (χ3n) is 3.21. The van der Waals surface area contributed by atoms with E-state index < -0.39 is 0 Å². The Morgan fingerprint density at radius 2 is 2.06 bits per heavy atom. The highest BCUT2D eigenvalue weighted by Gasteiger charge is 2.10. The van der Waals surface area contributed by atoms with Crippen LogP contribution in [0.2, 0.25) is 5.02 Å². The van der Waals surface area contributed by atoms with E-state index >= 15 is 0 Å². The van der Waals surface area contributed by atoms with Crippen LogP contribution >= 0.6 is 22.9 Å². The van der Waals surface area contributed by atoms with Gasteiger partial charge in [-0.2, -0.15) is 0 Å². The quantitative estimate of drug-likeness (QED) is 0.901. The predicted molar refractivity (Wildman–Crippen MR) is 81.7 cm³/mol. The molecule has 2 nitrogen and oxygen atoms in total. The normalized spacial score (nSPS) is 13.4. The van der Waals surface area contributed by atoms with Crippen LogP contribution in [0.1, 0.15) is 11.8 Å². The van der Waals surface area contributed by atoms with Crippen LogP contribution in [0.5, 0.6) is 0 Å². The van der Waals surface area contributed by atoms with E-state index in [0.717, 1.165) is 18.1 Å². The first-order valence-electron chi connectivity index (χ1n) is 6.12. The number of likely N-dealkylation sites (N-methyl/N-ethyl adjacent to an activating group) is 1. The summed E-state index contributed by atoms with van der Waals surface area (Å²) in [4.78, 5) is 3.43. The molecule has 0 aliphatic heterocycles. The van der Waals surface area contributed by atoms with Crippen LogP contribution in [0.25, 0.3) is 10.1 Å². The second kappa shape index (κ2) is 6.02. The number of benzene rings is 1. The third-order valence-corrected chi connectivity index (χ3v) is 4.92. The molecule has 98 valence electrons. The van der Waals surface area contributed by atoms with Crippen LogP contribution < -0.4 is 5.32 Å². The summed E-state index contributed by atoms with van der Waals surface area (Å²) in [6, 6.07) is 8.82. The Labute approximate surface area is 118 Å². The van der Waals surface area contributed by atoms with Crippen molar-refractivity contribution < 1.29 is 0 Å². The second-order valence-electron chi connectivity index (χ2n) is 4.78. The summed E-state index contributed by atoms with van der Waals surface area (Å²) in [6.07, 6.45) is 0. The van der Waals surface area contributed by atoms with Gasteiger partial charge in [-0.1, -0.05) is 29.8 Å². The lowest BCUT2D eigenvalue weighted by atomic mass is 10.2. The molecule has 2 rings (SSSR count). The van der Waals surface area contributed by atoms with Gasteiger partial charge in [0, 0.05) is 34.1 Å². The SMILES string of the molecule is CC(CNCc1sc2ccccc2c1Cl)N(C)C. The summed E-state index contributed by atoms with van der Waals surface area (Å²) in [5.74, 6) is 0. The zero-order valence-electron chi connectivity index (χ0n) is 11.0.